The second-order valence-electron chi connectivity index (χ2n) is 6.05. The molecular formula is C16H27N3. The monoisotopic (exact) mass is 261 g/mol. The third-order valence-corrected chi connectivity index (χ3v) is 3.92. The van der Waals surface area contributed by atoms with E-state index in [1.807, 2.05) is 12.3 Å². The van der Waals surface area contributed by atoms with Gasteiger partial charge in [-0.2, -0.15) is 0 Å². The van der Waals surface area contributed by atoms with Gasteiger partial charge >= 0.3 is 0 Å². The molecule has 1 atom stereocenters. The van der Waals surface area contributed by atoms with Gasteiger partial charge in [-0.3, -0.25) is 0 Å². The Balaban J connectivity index is 2.19. The lowest BCUT2D eigenvalue weighted by Gasteiger charge is -2.30. The first kappa shape index (κ1) is 14.3. The molecule has 0 spiro atoms. The Labute approximate surface area is 117 Å². The summed E-state index contributed by atoms with van der Waals surface area (Å²) >= 11 is 0. The van der Waals surface area contributed by atoms with Crippen LogP contribution in [0.1, 0.15) is 45.6 Å². The first-order chi connectivity index (χ1) is 9.11. The van der Waals surface area contributed by atoms with E-state index in [0.29, 0.717) is 6.04 Å². The largest absolute Gasteiger partial charge is 0.354 e. The summed E-state index contributed by atoms with van der Waals surface area (Å²) in [5.41, 5.74) is 7.41. The second kappa shape index (κ2) is 6.38. The molecule has 1 heterocycles. The Kier molecular flexibility index (Phi) is 4.81. The molecule has 1 unspecified atom stereocenters. The summed E-state index contributed by atoms with van der Waals surface area (Å²) in [6.07, 6.45) is 6.59. The van der Waals surface area contributed by atoms with Crippen molar-refractivity contribution in [2.24, 2.45) is 11.7 Å². The number of hydrogen-bond acceptors (Lipinski definition) is 3. The van der Waals surface area contributed by atoms with E-state index >= 15 is 0 Å². The highest BCUT2D eigenvalue weighted by molar-refractivity contribution is 5.48. The van der Waals surface area contributed by atoms with Crippen LogP contribution in [0.15, 0.2) is 18.3 Å². The van der Waals surface area contributed by atoms with E-state index in [-0.39, 0.29) is 6.04 Å². The maximum absolute atomic E-state index is 6.12. The van der Waals surface area contributed by atoms with Crippen molar-refractivity contribution in [3.05, 3.63) is 23.9 Å². The van der Waals surface area contributed by atoms with Gasteiger partial charge in [-0.15, -0.1) is 0 Å². The van der Waals surface area contributed by atoms with Crippen LogP contribution in [0, 0.1) is 5.92 Å². The lowest BCUT2D eigenvalue weighted by atomic mass is 10.0. The van der Waals surface area contributed by atoms with Crippen molar-refractivity contribution in [1.29, 1.82) is 0 Å². The molecule has 0 amide bonds. The van der Waals surface area contributed by atoms with Gasteiger partial charge in [-0.25, -0.2) is 4.98 Å². The quantitative estimate of drug-likeness (QED) is 0.820. The van der Waals surface area contributed by atoms with Crippen LogP contribution in [0.2, 0.25) is 0 Å². The number of nitrogens with two attached hydrogens (primary N) is 1. The van der Waals surface area contributed by atoms with E-state index in [1.165, 1.54) is 18.4 Å². The summed E-state index contributed by atoms with van der Waals surface area (Å²) in [5, 5.41) is 0. The van der Waals surface area contributed by atoms with Crippen molar-refractivity contribution in [2.45, 2.75) is 58.5 Å². The fraction of sp³-hybridized carbons (Fsp3) is 0.688. The van der Waals surface area contributed by atoms with E-state index in [9.17, 15) is 0 Å². The number of nitrogens with zero attached hydrogens (tertiary/aromatic N) is 2. The molecule has 1 saturated carbocycles. The Morgan fingerprint density at radius 1 is 1.42 bits per heavy atom. The molecule has 3 nitrogen and oxygen atoms in total. The van der Waals surface area contributed by atoms with E-state index < -0.39 is 0 Å². The van der Waals surface area contributed by atoms with Crippen LogP contribution in [0.25, 0.3) is 0 Å². The highest BCUT2D eigenvalue weighted by atomic mass is 15.2. The van der Waals surface area contributed by atoms with Gasteiger partial charge in [0, 0.05) is 24.8 Å². The number of aromatic nitrogens is 1. The van der Waals surface area contributed by atoms with Crippen LogP contribution >= 0.6 is 0 Å². The number of pyridine rings is 1. The van der Waals surface area contributed by atoms with Gasteiger partial charge < -0.3 is 10.6 Å². The average molecular weight is 261 g/mol. The first-order valence-electron chi connectivity index (χ1n) is 7.58. The molecule has 1 aromatic heterocycles. The number of hydrogen-bond donors (Lipinski definition) is 1. The molecular weight excluding hydrogens is 234 g/mol. The highest BCUT2D eigenvalue weighted by Crippen LogP contribution is 2.32. The topological polar surface area (TPSA) is 42.1 Å². The Bertz CT molecular complexity index is 399. The number of rotatable bonds is 7. The van der Waals surface area contributed by atoms with Crippen LogP contribution in [-0.4, -0.2) is 23.6 Å². The molecule has 0 radical (unpaired) electrons. The zero-order chi connectivity index (χ0) is 13.8. The minimum Gasteiger partial charge on any atom is -0.354 e. The van der Waals surface area contributed by atoms with Gasteiger partial charge in [0.2, 0.25) is 0 Å². The molecule has 1 aromatic rings. The molecule has 3 heteroatoms. The lowest BCUT2D eigenvalue weighted by Crippen LogP contribution is -2.35. The Hall–Kier alpha value is -1.09. The van der Waals surface area contributed by atoms with Crippen LogP contribution in [0.5, 0.6) is 0 Å². The smallest absolute Gasteiger partial charge is 0.131 e. The zero-order valence-corrected chi connectivity index (χ0v) is 12.5. The Morgan fingerprint density at radius 3 is 2.74 bits per heavy atom. The summed E-state index contributed by atoms with van der Waals surface area (Å²) in [5.74, 6) is 2.02. The van der Waals surface area contributed by atoms with E-state index in [1.54, 1.807) is 0 Å². The third-order valence-electron chi connectivity index (χ3n) is 3.92. The van der Waals surface area contributed by atoms with Crippen molar-refractivity contribution in [1.82, 2.24) is 4.98 Å². The van der Waals surface area contributed by atoms with E-state index in [2.05, 4.69) is 36.7 Å². The van der Waals surface area contributed by atoms with Gasteiger partial charge in [0.1, 0.15) is 5.82 Å². The van der Waals surface area contributed by atoms with Crippen molar-refractivity contribution in [3.63, 3.8) is 0 Å². The van der Waals surface area contributed by atoms with Crippen LogP contribution in [0.3, 0.4) is 0 Å². The minimum absolute atomic E-state index is 0.234. The summed E-state index contributed by atoms with van der Waals surface area (Å²) in [6.45, 7) is 7.79. The SMILES string of the molecule is CCC(N)Cc1cccnc1N(CC1CC1)C(C)C. The zero-order valence-electron chi connectivity index (χ0n) is 12.5. The number of anilines is 1. The normalized spacial score (nSPS) is 16.7. The molecule has 1 fully saturated rings. The van der Waals surface area contributed by atoms with Crippen molar-refractivity contribution >= 4 is 5.82 Å². The van der Waals surface area contributed by atoms with E-state index in [0.717, 1.165) is 31.1 Å². The summed E-state index contributed by atoms with van der Waals surface area (Å²) in [4.78, 5) is 7.09. The van der Waals surface area contributed by atoms with Crippen molar-refractivity contribution in [3.8, 4) is 0 Å². The van der Waals surface area contributed by atoms with Gasteiger partial charge in [0.25, 0.3) is 0 Å². The lowest BCUT2D eigenvalue weighted by molar-refractivity contribution is 0.616. The average Bonchev–Trinajstić information content (AvgIpc) is 3.20. The summed E-state index contributed by atoms with van der Waals surface area (Å²) in [6, 6.07) is 4.93. The maximum Gasteiger partial charge on any atom is 0.131 e. The first-order valence-corrected chi connectivity index (χ1v) is 7.58. The summed E-state index contributed by atoms with van der Waals surface area (Å²) < 4.78 is 0. The molecule has 1 aliphatic rings. The minimum atomic E-state index is 0.234. The van der Waals surface area contributed by atoms with Crippen LogP contribution in [0.4, 0.5) is 5.82 Å². The highest BCUT2D eigenvalue weighted by Gasteiger charge is 2.27. The molecule has 0 aliphatic heterocycles. The second-order valence-corrected chi connectivity index (χ2v) is 6.05. The molecule has 1 aliphatic carbocycles. The van der Waals surface area contributed by atoms with Gasteiger partial charge in [-0.05, 0) is 57.1 Å². The molecule has 2 N–H and O–H groups in total. The van der Waals surface area contributed by atoms with Gasteiger partial charge in [0.15, 0.2) is 0 Å². The third kappa shape index (κ3) is 3.93. The predicted molar refractivity (Wildman–Crippen MR) is 81.4 cm³/mol. The van der Waals surface area contributed by atoms with Crippen LogP contribution in [-0.2, 0) is 6.42 Å². The van der Waals surface area contributed by atoms with Crippen LogP contribution < -0.4 is 10.6 Å². The Morgan fingerprint density at radius 2 is 2.16 bits per heavy atom. The van der Waals surface area contributed by atoms with Crippen molar-refractivity contribution < 1.29 is 0 Å². The fourth-order valence-electron chi connectivity index (χ4n) is 2.40. The van der Waals surface area contributed by atoms with Gasteiger partial charge in [-0.1, -0.05) is 13.0 Å². The molecule has 0 saturated heterocycles. The standard InChI is InChI=1S/C16H27N3/c1-4-15(17)10-14-6-5-9-18-16(14)19(12(2)3)11-13-7-8-13/h5-6,9,12-13,15H,4,7-8,10-11,17H2,1-3H3. The molecule has 106 valence electrons. The van der Waals surface area contributed by atoms with Gasteiger partial charge in [0.05, 0.1) is 0 Å². The van der Waals surface area contributed by atoms with E-state index in [4.69, 9.17) is 5.73 Å². The molecule has 2 rings (SSSR count). The van der Waals surface area contributed by atoms with Crippen molar-refractivity contribution in [2.75, 3.05) is 11.4 Å². The summed E-state index contributed by atoms with van der Waals surface area (Å²) in [7, 11) is 0. The molecule has 0 bridgehead atoms. The fourth-order valence-corrected chi connectivity index (χ4v) is 2.40. The maximum atomic E-state index is 6.12. The molecule has 19 heavy (non-hydrogen) atoms. The molecule has 0 aromatic carbocycles. The predicted octanol–water partition coefficient (Wildman–Crippen LogP) is 2.99.